The first-order valence-corrected chi connectivity index (χ1v) is 8.02. The molecule has 0 radical (unpaired) electrons. The summed E-state index contributed by atoms with van der Waals surface area (Å²) in [4.78, 5) is 15.0. The van der Waals surface area contributed by atoms with E-state index in [0.717, 1.165) is 25.4 Å². The fraction of sp³-hybridized carbons (Fsp3) is 0.933. The SMILES string of the molecule is CC1CCCNC1C(=O)NC1CCN2CCCC2C1. The van der Waals surface area contributed by atoms with Crippen molar-refractivity contribution in [1.29, 1.82) is 0 Å². The van der Waals surface area contributed by atoms with Crippen LogP contribution >= 0.6 is 0 Å². The first-order valence-electron chi connectivity index (χ1n) is 8.02. The molecule has 3 heterocycles. The summed E-state index contributed by atoms with van der Waals surface area (Å²) in [7, 11) is 0. The van der Waals surface area contributed by atoms with Gasteiger partial charge in [0, 0.05) is 18.6 Å². The highest BCUT2D eigenvalue weighted by Gasteiger charge is 2.34. The minimum absolute atomic E-state index is 0.0374. The smallest absolute Gasteiger partial charge is 0.237 e. The maximum atomic E-state index is 12.4. The number of hydrogen-bond donors (Lipinski definition) is 2. The van der Waals surface area contributed by atoms with Gasteiger partial charge in [0.1, 0.15) is 0 Å². The van der Waals surface area contributed by atoms with Crippen LogP contribution in [0.1, 0.15) is 45.4 Å². The molecule has 3 saturated heterocycles. The summed E-state index contributed by atoms with van der Waals surface area (Å²) in [6, 6.07) is 1.17. The topological polar surface area (TPSA) is 44.4 Å². The molecule has 0 bridgehead atoms. The zero-order chi connectivity index (χ0) is 13.2. The van der Waals surface area contributed by atoms with Gasteiger partial charge >= 0.3 is 0 Å². The van der Waals surface area contributed by atoms with Crippen LogP contribution in [0.25, 0.3) is 0 Å². The summed E-state index contributed by atoms with van der Waals surface area (Å²) in [6.07, 6.45) is 7.32. The number of piperidine rings is 2. The minimum atomic E-state index is 0.0374. The van der Waals surface area contributed by atoms with E-state index in [0.29, 0.717) is 12.0 Å². The molecule has 0 aromatic heterocycles. The predicted molar refractivity (Wildman–Crippen MR) is 75.9 cm³/mol. The first kappa shape index (κ1) is 13.4. The number of nitrogens with zero attached hydrogens (tertiary/aromatic N) is 1. The number of fused-ring (bicyclic) bond motifs is 1. The molecule has 3 fully saturated rings. The zero-order valence-corrected chi connectivity index (χ0v) is 12.0. The number of nitrogens with one attached hydrogen (secondary N) is 2. The summed E-state index contributed by atoms with van der Waals surface area (Å²) in [5, 5.41) is 6.69. The first-order chi connectivity index (χ1) is 9.24. The summed E-state index contributed by atoms with van der Waals surface area (Å²) < 4.78 is 0. The van der Waals surface area contributed by atoms with Crippen molar-refractivity contribution in [1.82, 2.24) is 15.5 Å². The number of amides is 1. The third-order valence-electron chi connectivity index (χ3n) is 5.22. The Morgan fingerprint density at radius 2 is 2.11 bits per heavy atom. The largest absolute Gasteiger partial charge is 0.352 e. The Morgan fingerprint density at radius 3 is 2.95 bits per heavy atom. The van der Waals surface area contributed by atoms with Gasteiger partial charge in [0.2, 0.25) is 5.91 Å². The number of hydrogen-bond acceptors (Lipinski definition) is 3. The van der Waals surface area contributed by atoms with Crippen LogP contribution in [-0.2, 0) is 4.79 Å². The van der Waals surface area contributed by atoms with Crippen LogP contribution < -0.4 is 10.6 Å². The molecule has 4 heteroatoms. The van der Waals surface area contributed by atoms with Crippen LogP contribution in [0.15, 0.2) is 0 Å². The highest BCUT2D eigenvalue weighted by Crippen LogP contribution is 2.27. The summed E-state index contributed by atoms with van der Waals surface area (Å²) >= 11 is 0. The van der Waals surface area contributed by atoms with Crippen LogP contribution in [0, 0.1) is 5.92 Å². The van der Waals surface area contributed by atoms with Gasteiger partial charge in [0.05, 0.1) is 6.04 Å². The van der Waals surface area contributed by atoms with Crippen molar-refractivity contribution in [3.63, 3.8) is 0 Å². The molecule has 0 saturated carbocycles. The van der Waals surface area contributed by atoms with Gasteiger partial charge in [-0.15, -0.1) is 0 Å². The monoisotopic (exact) mass is 265 g/mol. The lowest BCUT2D eigenvalue weighted by molar-refractivity contribution is -0.126. The lowest BCUT2D eigenvalue weighted by atomic mass is 9.91. The van der Waals surface area contributed by atoms with Crippen molar-refractivity contribution in [3.05, 3.63) is 0 Å². The van der Waals surface area contributed by atoms with Gasteiger partial charge in [-0.2, -0.15) is 0 Å². The Hall–Kier alpha value is -0.610. The molecule has 19 heavy (non-hydrogen) atoms. The third kappa shape index (κ3) is 2.95. The standard InChI is InChI=1S/C15H27N3O/c1-11-4-2-7-16-14(11)15(19)17-12-6-9-18-8-3-5-13(18)10-12/h11-14,16H,2-10H2,1H3,(H,17,19). The highest BCUT2D eigenvalue weighted by atomic mass is 16.2. The van der Waals surface area contributed by atoms with Crippen LogP contribution in [0.3, 0.4) is 0 Å². The summed E-state index contributed by atoms with van der Waals surface area (Å²) in [5.74, 6) is 0.712. The van der Waals surface area contributed by atoms with E-state index >= 15 is 0 Å². The maximum Gasteiger partial charge on any atom is 0.237 e. The van der Waals surface area contributed by atoms with Crippen LogP contribution in [0.2, 0.25) is 0 Å². The normalized spacial score (nSPS) is 39.8. The van der Waals surface area contributed by atoms with Crippen LogP contribution in [0.5, 0.6) is 0 Å². The molecule has 3 aliphatic rings. The molecule has 4 atom stereocenters. The molecule has 0 aromatic rings. The lowest BCUT2D eigenvalue weighted by Gasteiger charge is -2.37. The van der Waals surface area contributed by atoms with E-state index in [1.165, 1.54) is 38.8 Å². The van der Waals surface area contributed by atoms with Gasteiger partial charge in [-0.1, -0.05) is 6.92 Å². The molecule has 0 aromatic carbocycles. The van der Waals surface area contributed by atoms with Crippen molar-refractivity contribution in [3.8, 4) is 0 Å². The van der Waals surface area contributed by atoms with Crippen molar-refractivity contribution in [2.45, 2.75) is 63.6 Å². The molecule has 0 aliphatic carbocycles. The zero-order valence-electron chi connectivity index (χ0n) is 12.0. The van der Waals surface area contributed by atoms with E-state index in [1.54, 1.807) is 0 Å². The lowest BCUT2D eigenvalue weighted by Crippen LogP contribution is -2.55. The van der Waals surface area contributed by atoms with Crippen molar-refractivity contribution >= 4 is 5.91 Å². The number of carbonyl (C=O) groups is 1. The van der Waals surface area contributed by atoms with Crippen molar-refractivity contribution < 1.29 is 4.79 Å². The molecule has 2 N–H and O–H groups in total. The molecule has 4 nitrogen and oxygen atoms in total. The summed E-state index contributed by atoms with van der Waals surface area (Å²) in [6.45, 7) is 5.62. The van der Waals surface area contributed by atoms with Gasteiger partial charge in [-0.25, -0.2) is 0 Å². The van der Waals surface area contributed by atoms with E-state index in [4.69, 9.17) is 0 Å². The molecule has 0 spiro atoms. The average molecular weight is 265 g/mol. The summed E-state index contributed by atoms with van der Waals surface area (Å²) in [5.41, 5.74) is 0. The van der Waals surface area contributed by atoms with E-state index < -0.39 is 0 Å². The van der Waals surface area contributed by atoms with Gasteiger partial charge in [-0.3, -0.25) is 4.79 Å². The average Bonchev–Trinajstić information content (AvgIpc) is 2.86. The van der Waals surface area contributed by atoms with Crippen molar-refractivity contribution in [2.75, 3.05) is 19.6 Å². The van der Waals surface area contributed by atoms with Crippen LogP contribution in [-0.4, -0.2) is 48.6 Å². The Morgan fingerprint density at radius 1 is 1.21 bits per heavy atom. The second kappa shape index (κ2) is 5.80. The molecule has 4 unspecified atom stereocenters. The third-order valence-corrected chi connectivity index (χ3v) is 5.22. The Bertz CT molecular complexity index is 333. The fourth-order valence-corrected chi connectivity index (χ4v) is 4.05. The number of rotatable bonds is 2. The second-order valence-corrected chi connectivity index (χ2v) is 6.61. The second-order valence-electron chi connectivity index (χ2n) is 6.61. The molecular weight excluding hydrogens is 238 g/mol. The minimum Gasteiger partial charge on any atom is -0.352 e. The van der Waals surface area contributed by atoms with Gasteiger partial charge < -0.3 is 15.5 Å². The Labute approximate surface area is 116 Å². The Kier molecular flexibility index (Phi) is 4.08. The predicted octanol–water partition coefficient (Wildman–Crippen LogP) is 1.12. The highest BCUT2D eigenvalue weighted by molar-refractivity contribution is 5.82. The van der Waals surface area contributed by atoms with Crippen LogP contribution in [0.4, 0.5) is 0 Å². The van der Waals surface area contributed by atoms with Gasteiger partial charge in [0.15, 0.2) is 0 Å². The fourth-order valence-electron chi connectivity index (χ4n) is 4.05. The molecular formula is C15H27N3O. The van der Waals surface area contributed by atoms with Crippen molar-refractivity contribution in [2.24, 2.45) is 5.92 Å². The van der Waals surface area contributed by atoms with E-state index in [-0.39, 0.29) is 11.9 Å². The Balaban J connectivity index is 1.51. The quantitative estimate of drug-likeness (QED) is 0.786. The molecule has 108 valence electrons. The van der Waals surface area contributed by atoms with E-state index in [9.17, 15) is 4.79 Å². The number of carbonyl (C=O) groups excluding carboxylic acids is 1. The maximum absolute atomic E-state index is 12.4. The van der Waals surface area contributed by atoms with E-state index in [1.807, 2.05) is 0 Å². The van der Waals surface area contributed by atoms with E-state index in [2.05, 4.69) is 22.5 Å². The van der Waals surface area contributed by atoms with Gasteiger partial charge in [-0.05, 0) is 57.5 Å². The molecule has 3 rings (SSSR count). The van der Waals surface area contributed by atoms with Gasteiger partial charge in [0.25, 0.3) is 0 Å². The molecule has 3 aliphatic heterocycles. The molecule has 1 amide bonds.